The van der Waals surface area contributed by atoms with Crippen molar-refractivity contribution >= 4 is 9.84 Å². The molecule has 0 bridgehead atoms. The predicted molar refractivity (Wildman–Crippen MR) is 50.9 cm³/mol. The van der Waals surface area contributed by atoms with Crippen LogP contribution in [-0.4, -0.2) is 19.4 Å². The number of hydrogen-bond donors (Lipinski definition) is 0. The van der Waals surface area contributed by atoms with Crippen LogP contribution >= 0.6 is 0 Å². The Balaban J connectivity index is 2.60. The van der Waals surface area contributed by atoms with E-state index < -0.39 is 9.84 Å². The number of rotatable bonds is 3. The average Bonchev–Trinajstić information content (AvgIpc) is 2.06. The molecule has 1 rings (SSSR count). The van der Waals surface area contributed by atoms with Gasteiger partial charge in [-0.15, -0.1) is 6.58 Å². The van der Waals surface area contributed by atoms with Gasteiger partial charge in [-0.25, -0.2) is 8.42 Å². The summed E-state index contributed by atoms with van der Waals surface area (Å²) < 4.78 is 23.0. The summed E-state index contributed by atoms with van der Waals surface area (Å²) in [5, 5.41) is -0.0794. The van der Waals surface area contributed by atoms with Gasteiger partial charge in [0, 0.05) is 0 Å². The molecule has 0 aliphatic heterocycles. The molecule has 1 aliphatic carbocycles. The molecule has 1 fully saturated rings. The van der Waals surface area contributed by atoms with E-state index >= 15 is 0 Å². The highest BCUT2D eigenvalue weighted by Crippen LogP contribution is 2.24. The van der Waals surface area contributed by atoms with Gasteiger partial charge >= 0.3 is 0 Å². The topological polar surface area (TPSA) is 34.1 Å². The van der Waals surface area contributed by atoms with Gasteiger partial charge in [0.25, 0.3) is 0 Å². The number of hydrogen-bond acceptors (Lipinski definition) is 2. The average molecular weight is 188 g/mol. The Kier molecular flexibility index (Phi) is 3.32. The molecule has 0 atom stereocenters. The van der Waals surface area contributed by atoms with Crippen LogP contribution in [0.25, 0.3) is 0 Å². The predicted octanol–water partition coefficient (Wildman–Crippen LogP) is 1.92. The molecule has 0 unspecified atom stereocenters. The highest BCUT2D eigenvalue weighted by atomic mass is 32.2. The molecule has 0 radical (unpaired) electrons. The van der Waals surface area contributed by atoms with Crippen molar-refractivity contribution in [1.29, 1.82) is 0 Å². The Morgan fingerprint density at radius 1 is 1.25 bits per heavy atom. The van der Waals surface area contributed by atoms with Crippen molar-refractivity contribution in [2.75, 3.05) is 5.75 Å². The summed E-state index contributed by atoms with van der Waals surface area (Å²) in [6.45, 7) is 3.46. The zero-order valence-corrected chi connectivity index (χ0v) is 8.15. The molecular weight excluding hydrogens is 172 g/mol. The monoisotopic (exact) mass is 188 g/mol. The van der Waals surface area contributed by atoms with Crippen molar-refractivity contribution in [3.8, 4) is 0 Å². The van der Waals surface area contributed by atoms with E-state index in [1.54, 1.807) is 0 Å². The molecular formula is C9H16O2S. The molecule has 2 nitrogen and oxygen atoms in total. The lowest BCUT2D eigenvalue weighted by Gasteiger charge is -2.20. The lowest BCUT2D eigenvalue weighted by atomic mass is 10.0. The van der Waals surface area contributed by atoms with Crippen LogP contribution in [-0.2, 0) is 9.84 Å². The second kappa shape index (κ2) is 4.08. The van der Waals surface area contributed by atoms with Gasteiger partial charge in [0.2, 0.25) is 0 Å². The van der Waals surface area contributed by atoms with E-state index in [9.17, 15) is 8.42 Å². The first-order valence-electron chi connectivity index (χ1n) is 4.49. The van der Waals surface area contributed by atoms with E-state index in [2.05, 4.69) is 6.58 Å². The summed E-state index contributed by atoms with van der Waals surface area (Å²) in [4.78, 5) is 0. The van der Waals surface area contributed by atoms with Crippen LogP contribution in [0.4, 0.5) is 0 Å². The first-order chi connectivity index (χ1) is 5.67. The van der Waals surface area contributed by atoms with Crippen LogP contribution in [0, 0.1) is 0 Å². The molecule has 0 aromatic rings. The van der Waals surface area contributed by atoms with Crippen molar-refractivity contribution in [3.63, 3.8) is 0 Å². The SMILES string of the molecule is C=CCS(=O)(=O)C1CCCCC1. The van der Waals surface area contributed by atoms with Crippen LogP contribution in [0.15, 0.2) is 12.7 Å². The zero-order valence-electron chi connectivity index (χ0n) is 7.33. The minimum Gasteiger partial charge on any atom is -0.228 e. The van der Waals surface area contributed by atoms with E-state index in [1.807, 2.05) is 0 Å². The maximum absolute atomic E-state index is 11.5. The quantitative estimate of drug-likeness (QED) is 0.634. The Morgan fingerprint density at radius 2 is 1.83 bits per heavy atom. The fraction of sp³-hybridized carbons (Fsp3) is 0.778. The second-order valence-corrected chi connectivity index (χ2v) is 5.70. The minimum absolute atomic E-state index is 0.0794. The fourth-order valence-electron chi connectivity index (χ4n) is 1.72. The Hall–Kier alpha value is -0.310. The van der Waals surface area contributed by atoms with Crippen molar-refractivity contribution in [2.24, 2.45) is 0 Å². The fourth-order valence-corrected chi connectivity index (χ4v) is 3.38. The van der Waals surface area contributed by atoms with E-state index in [4.69, 9.17) is 0 Å². The Bertz CT molecular complexity index is 235. The molecule has 1 saturated carbocycles. The molecule has 12 heavy (non-hydrogen) atoms. The minimum atomic E-state index is -2.85. The van der Waals surface area contributed by atoms with Crippen molar-refractivity contribution < 1.29 is 8.42 Å². The van der Waals surface area contributed by atoms with E-state index in [-0.39, 0.29) is 11.0 Å². The Morgan fingerprint density at radius 3 is 2.33 bits per heavy atom. The molecule has 0 N–H and O–H groups in total. The third-order valence-corrected chi connectivity index (χ3v) is 4.60. The number of sulfone groups is 1. The van der Waals surface area contributed by atoms with Gasteiger partial charge in [-0.2, -0.15) is 0 Å². The van der Waals surface area contributed by atoms with Crippen LogP contribution < -0.4 is 0 Å². The van der Waals surface area contributed by atoms with Crippen LogP contribution in [0.1, 0.15) is 32.1 Å². The molecule has 70 valence electrons. The zero-order chi connectivity index (χ0) is 9.03. The summed E-state index contributed by atoms with van der Waals surface area (Å²) in [6, 6.07) is 0. The van der Waals surface area contributed by atoms with Crippen molar-refractivity contribution in [3.05, 3.63) is 12.7 Å². The molecule has 0 saturated heterocycles. The maximum Gasteiger partial charge on any atom is 0.156 e. The molecule has 0 aromatic heterocycles. The molecule has 0 heterocycles. The first-order valence-corrected chi connectivity index (χ1v) is 6.21. The van der Waals surface area contributed by atoms with Gasteiger partial charge in [-0.1, -0.05) is 25.3 Å². The van der Waals surface area contributed by atoms with Gasteiger partial charge in [-0.3, -0.25) is 0 Å². The smallest absolute Gasteiger partial charge is 0.156 e. The summed E-state index contributed by atoms with van der Waals surface area (Å²) in [5.74, 6) is 0.150. The highest BCUT2D eigenvalue weighted by molar-refractivity contribution is 7.92. The summed E-state index contributed by atoms with van der Waals surface area (Å²) in [6.07, 6.45) is 6.54. The lowest BCUT2D eigenvalue weighted by Crippen LogP contribution is -2.25. The van der Waals surface area contributed by atoms with Gasteiger partial charge in [0.15, 0.2) is 9.84 Å². The van der Waals surface area contributed by atoms with E-state index in [0.717, 1.165) is 25.7 Å². The molecule has 0 amide bonds. The Labute approximate surface area is 74.6 Å². The largest absolute Gasteiger partial charge is 0.228 e. The van der Waals surface area contributed by atoms with E-state index in [1.165, 1.54) is 12.5 Å². The first kappa shape index (κ1) is 9.78. The highest BCUT2D eigenvalue weighted by Gasteiger charge is 2.25. The van der Waals surface area contributed by atoms with Crippen molar-refractivity contribution in [1.82, 2.24) is 0 Å². The lowest BCUT2D eigenvalue weighted by molar-refractivity contribution is 0.485. The third kappa shape index (κ3) is 2.34. The normalized spacial score (nSPS) is 20.7. The molecule has 0 aromatic carbocycles. The van der Waals surface area contributed by atoms with Crippen molar-refractivity contribution in [2.45, 2.75) is 37.4 Å². The van der Waals surface area contributed by atoms with Gasteiger partial charge in [0.1, 0.15) is 0 Å². The summed E-state index contributed by atoms with van der Waals surface area (Å²) in [7, 11) is -2.85. The third-order valence-electron chi connectivity index (χ3n) is 2.41. The standard InChI is InChI=1S/C9H16O2S/c1-2-8-12(10,11)9-6-4-3-5-7-9/h2,9H,1,3-8H2. The van der Waals surface area contributed by atoms with Gasteiger partial charge in [-0.05, 0) is 12.8 Å². The summed E-state index contributed by atoms with van der Waals surface area (Å²) in [5.41, 5.74) is 0. The second-order valence-electron chi connectivity index (χ2n) is 3.38. The maximum atomic E-state index is 11.5. The van der Waals surface area contributed by atoms with Crippen LogP contribution in [0.3, 0.4) is 0 Å². The molecule has 3 heteroatoms. The van der Waals surface area contributed by atoms with Crippen LogP contribution in [0.2, 0.25) is 0 Å². The van der Waals surface area contributed by atoms with Crippen LogP contribution in [0.5, 0.6) is 0 Å². The molecule has 1 aliphatic rings. The molecule has 0 spiro atoms. The van der Waals surface area contributed by atoms with Gasteiger partial charge in [0.05, 0.1) is 11.0 Å². The summed E-state index contributed by atoms with van der Waals surface area (Å²) >= 11 is 0. The van der Waals surface area contributed by atoms with Gasteiger partial charge < -0.3 is 0 Å². The van der Waals surface area contributed by atoms with E-state index in [0.29, 0.717) is 0 Å².